The van der Waals surface area contributed by atoms with Crippen molar-refractivity contribution in [1.82, 2.24) is 0 Å². The number of nitrogens with two attached hydrogens (primary N) is 1. The van der Waals surface area contributed by atoms with Crippen LogP contribution in [0.25, 0.3) is 0 Å². The van der Waals surface area contributed by atoms with E-state index in [1.54, 1.807) is 0 Å². The summed E-state index contributed by atoms with van der Waals surface area (Å²) in [5.41, 5.74) is 0. The van der Waals surface area contributed by atoms with Crippen molar-refractivity contribution in [2.24, 2.45) is 5.84 Å². The third kappa shape index (κ3) is 508. The third-order valence-electron chi connectivity index (χ3n) is 0. The topological polar surface area (TPSA) is 69.2 Å². The normalized spacial score (nSPS) is 4.80. The van der Waals surface area contributed by atoms with E-state index < -0.39 is 5.03 Å². The molecule has 5 heteroatoms. The average molecular weight is 86.0 g/mol. The summed E-state index contributed by atoms with van der Waals surface area (Å²) >= 11 is 0. The summed E-state index contributed by atoms with van der Waals surface area (Å²) in [6.45, 7) is 0. The molecule has 0 rings (SSSR count). The van der Waals surface area contributed by atoms with Crippen molar-refractivity contribution < 1.29 is 36.0 Å². The van der Waals surface area contributed by atoms with Crippen LogP contribution in [-0.2, 0) is 0 Å². The monoisotopic (exact) mass is 86.0 g/mol. The van der Waals surface area contributed by atoms with Crippen LogP contribution in [-0.4, -0.2) is 5.03 Å². The predicted molar refractivity (Wildman–Crippen MR) is 12.3 cm³/mol. The predicted octanol–water partition coefficient (Wildman–Crippen LogP) is -3.75. The fraction of sp³-hybridized carbons (Fsp3) is 0. The molecule has 0 radical (unpaired) electrons. The van der Waals surface area contributed by atoms with E-state index in [2.05, 4.69) is 5.84 Å². The Balaban J connectivity index is -0.0000000450. The molecule has 0 aliphatic rings. The molecular weight excluding hydrogens is 83.0 g/mol. The van der Waals surface area contributed by atoms with Gasteiger partial charge in [0.15, 0.2) is 5.03 Å². The molecule has 0 saturated heterocycles. The summed E-state index contributed by atoms with van der Waals surface area (Å²) < 4.78 is 0. The first-order valence-corrected chi connectivity index (χ1v) is 0.623. The molecule has 0 aromatic heterocycles. The van der Waals surface area contributed by atoms with Crippen molar-refractivity contribution in [1.29, 1.82) is 0 Å². The van der Waals surface area contributed by atoms with E-state index in [9.17, 15) is 0 Å². The van der Waals surface area contributed by atoms with Crippen molar-refractivity contribution in [2.75, 3.05) is 0 Å². The van der Waals surface area contributed by atoms with Gasteiger partial charge in [-0.15, -0.1) is 0 Å². The van der Waals surface area contributed by atoms with Crippen molar-refractivity contribution >= 4 is 0 Å². The molecule has 0 heterocycles. The maximum atomic E-state index is 8.58. The zero-order chi connectivity index (χ0) is 3.58. The van der Waals surface area contributed by atoms with Crippen molar-refractivity contribution in [3.8, 4) is 0 Å². The number of hydrogen-bond acceptors (Lipinski definition) is 2. The number of nitro groups is 1. The fourth-order valence-corrected chi connectivity index (χ4v) is 0. The van der Waals surface area contributed by atoms with E-state index in [1.165, 1.54) is 0 Å². The summed E-state index contributed by atoms with van der Waals surface area (Å²) in [6, 6.07) is 0. The first-order chi connectivity index (χ1) is 1.73. The largest absolute Gasteiger partial charge is 1.00 e. The molecule has 2 N–H and O–H groups in total. The Bertz CT molecular complexity index is 34.5. The van der Waals surface area contributed by atoms with Gasteiger partial charge in [-0.05, 0) is 0 Å². The van der Waals surface area contributed by atoms with Crippen LogP contribution in [0.1, 0.15) is 1.43 Å². The maximum absolute atomic E-state index is 8.58. The van der Waals surface area contributed by atoms with Crippen LogP contribution in [0.5, 0.6) is 0 Å². The van der Waals surface area contributed by atoms with E-state index in [1.807, 2.05) is 0 Å². The van der Waals surface area contributed by atoms with Crippen molar-refractivity contribution in [3.05, 3.63) is 10.1 Å². The van der Waals surface area contributed by atoms with Gasteiger partial charge in [0, 0.05) is 0 Å². The average Bonchev–Trinajstić information content (AvgIpc) is 0.811. The van der Waals surface area contributed by atoms with Crippen molar-refractivity contribution in [2.45, 2.75) is 0 Å². The van der Waals surface area contributed by atoms with Gasteiger partial charge in [0.25, 0.3) is 0 Å². The van der Waals surface area contributed by atoms with Gasteiger partial charge in [-0.3, -0.25) is 0 Å². The Morgan fingerprint density at radius 2 is 2.00 bits per heavy atom. The molecule has 0 fully saturated rings. The third-order valence-corrected chi connectivity index (χ3v) is 0. The van der Waals surface area contributed by atoms with Crippen LogP contribution >= 0.6 is 0 Å². The molecule has 0 amide bonds. The van der Waals surface area contributed by atoms with E-state index in [0.717, 1.165) is 0 Å². The number of nitrogens with zero attached hydrogens (tertiary/aromatic N) is 1. The standard InChI is InChI=1S/H2N2O2.Na.H/c1-2(3)4;;/h1H2;;/q;+1;-1. The Morgan fingerprint density at radius 1 is 2.00 bits per heavy atom. The molecule has 0 aliphatic heterocycles. The van der Waals surface area contributed by atoms with E-state index >= 15 is 0 Å². The van der Waals surface area contributed by atoms with Gasteiger partial charge in [0.2, 0.25) is 0 Å². The Hall–Kier alpha value is 0.200. The molecule has 0 bridgehead atoms. The molecule has 0 aromatic carbocycles. The molecule has 0 atom stereocenters. The summed E-state index contributed by atoms with van der Waals surface area (Å²) in [5.74, 6) is 3.83. The quantitative estimate of drug-likeness (QED) is 0.142. The number of hydrogen-bond donors (Lipinski definition) is 1. The van der Waals surface area contributed by atoms with Gasteiger partial charge in [0.1, 0.15) is 0 Å². The van der Waals surface area contributed by atoms with Crippen LogP contribution in [0.15, 0.2) is 0 Å². The number of hydrazine groups is 1. The Labute approximate surface area is 52.2 Å². The first kappa shape index (κ1) is 8.96. The molecule has 0 aliphatic carbocycles. The van der Waals surface area contributed by atoms with Gasteiger partial charge >= 0.3 is 29.6 Å². The van der Waals surface area contributed by atoms with Crippen LogP contribution in [0.2, 0.25) is 0 Å². The van der Waals surface area contributed by atoms with Gasteiger partial charge in [-0.25, -0.2) is 10.1 Å². The summed E-state index contributed by atoms with van der Waals surface area (Å²) in [6.07, 6.45) is 0. The molecule has 0 spiro atoms. The SMILES string of the molecule is N[N+](=O)[O-].[H-].[Na+]. The van der Waals surface area contributed by atoms with E-state index in [0.29, 0.717) is 0 Å². The minimum absolute atomic E-state index is 0. The molecule has 0 aromatic rings. The van der Waals surface area contributed by atoms with Gasteiger partial charge in [-0.1, -0.05) is 0 Å². The second kappa shape index (κ2) is 4.20. The zero-order valence-corrected chi connectivity index (χ0v) is 4.84. The van der Waals surface area contributed by atoms with Crippen LogP contribution in [0, 0.1) is 10.1 Å². The molecule has 26 valence electrons. The number of rotatable bonds is 0. The molecule has 5 heavy (non-hydrogen) atoms. The van der Waals surface area contributed by atoms with Crippen LogP contribution < -0.4 is 35.4 Å². The summed E-state index contributed by atoms with van der Waals surface area (Å²) in [5, 5.41) is 7.58. The fourth-order valence-electron chi connectivity index (χ4n) is 0. The zero-order valence-electron chi connectivity index (χ0n) is 3.84. The van der Waals surface area contributed by atoms with Gasteiger partial charge in [-0.2, -0.15) is 5.84 Å². The van der Waals surface area contributed by atoms with Crippen molar-refractivity contribution in [3.63, 3.8) is 0 Å². The smallest absolute Gasteiger partial charge is 1.00 e. The van der Waals surface area contributed by atoms with Gasteiger partial charge in [0.05, 0.1) is 0 Å². The van der Waals surface area contributed by atoms with Crippen LogP contribution in [0.4, 0.5) is 0 Å². The minimum Gasteiger partial charge on any atom is -1.00 e. The maximum Gasteiger partial charge on any atom is 1.00 e. The molecule has 0 unspecified atom stereocenters. The van der Waals surface area contributed by atoms with Crippen LogP contribution in [0.3, 0.4) is 0 Å². The summed E-state index contributed by atoms with van der Waals surface area (Å²) in [4.78, 5) is 8.58. The Morgan fingerprint density at radius 3 is 2.00 bits per heavy atom. The molecule has 0 saturated carbocycles. The Kier molecular flexibility index (Phi) is 7.52. The second-order valence-electron chi connectivity index (χ2n) is 0.285. The van der Waals surface area contributed by atoms with E-state index in [-0.39, 0.29) is 31.0 Å². The summed E-state index contributed by atoms with van der Waals surface area (Å²) in [7, 11) is 0. The second-order valence-corrected chi connectivity index (χ2v) is 0.285. The molecular formula is H3N2NaO2. The van der Waals surface area contributed by atoms with E-state index in [4.69, 9.17) is 10.1 Å². The first-order valence-electron chi connectivity index (χ1n) is 0.623. The minimum atomic E-state index is -1.00. The van der Waals surface area contributed by atoms with Gasteiger partial charge < -0.3 is 1.43 Å². The molecule has 4 nitrogen and oxygen atoms in total.